The van der Waals surface area contributed by atoms with Crippen LogP contribution in [0.2, 0.25) is 0 Å². The second-order valence-electron chi connectivity index (χ2n) is 8.27. The van der Waals surface area contributed by atoms with Crippen molar-refractivity contribution in [2.75, 3.05) is 7.11 Å². The van der Waals surface area contributed by atoms with E-state index in [1.54, 1.807) is 11.7 Å². The second kappa shape index (κ2) is 9.06. The van der Waals surface area contributed by atoms with E-state index in [0.717, 1.165) is 28.1 Å². The summed E-state index contributed by atoms with van der Waals surface area (Å²) >= 11 is 0. The number of nitrogens with zero attached hydrogens (tertiary/aromatic N) is 4. The van der Waals surface area contributed by atoms with Crippen molar-refractivity contribution in [3.05, 3.63) is 93.7 Å². The van der Waals surface area contributed by atoms with Crippen LogP contribution in [-0.2, 0) is 6.54 Å². The monoisotopic (exact) mass is 468 g/mol. The molecule has 3 heterocycles. The van der Waals surface area contributed by atoms with Crippen molar-refractivity contribution in [3.63, 3.8) is 0 Å². The molecular weight excluding hydrogens is 444 g/mol. The van der Waals surface area contributed by atoms with E-state index in [4.69, 9.17) is 13.7 Å². The van der Waals surface area contributed by atoms with Gasteiger partial charge in [0.25, 0.3) is 11.4 Å². The second-order valence-corrected chi connectivity index (χ2v) is 8.27. The molecule has 0 atom stereocenters. The van der Waals surface area contributed by atoms with Crippen LogP contribution in [0, 0.1) is 20.8 Å². The van der Waals surface area contributed by atoms with Crippen LogP contribution >= 0.6 is 0 Å². The van der Waals surface area contributed by atoms with Gasteiger partial charge in [0.1, 0.15) is 22.8 Å². The van der Waals surface area contributed by atoms with E-state index in [0.29, 0.717) is 28.7 Å². The molecule has 0 radical (unpaired) electrons. The summed E-state index contributed by atoms with van der Waals surface area (Å²) in [5.41, 5.74) is 4.03. The maximum Gasteiger partial charge on any atom is 0.264 e. The number of ether oxygens (including phenoxy) is 1. The highest BCUT2D eigenvalue weighted by Crippen LogP contribution is 2.26. The summed E-state index contributed by atoms with van der Waals surface area (Å²) in [5, 5.41) is 4.07. The van der Waals surface area contributed by atoms with Crippen molar-refractivity contribution in [2.45, 2.75) is 27.3 Å². The number of methoxy groups -OCH3 is 1. The van der Waals surface area contributed by atoms with Crippen molar-refractivity contribution >= 4 is 0 Å². The largest absolute Gasteiger partial charge is 0.497 e. The van der Waals surface area contributed by atoms with E-state index in [1.165, 1.54) is 0 Å². The number of aromatic nitrogens is 4. The zero-order chi connectivity index (χ0) is 24.5. The third kappa shape index (κ3) is 4.26. The van der Waals surface area contributed by atoms with Crippen LogP contribution in [0.1, 0.15) is 22.7 Å². The summed E-state index contributed by atoms with van der Waals surface area (Å²) in [7, 11) is 1.62. The number of rotatable bonds is 6. The Kier molecular flexibility index (Phi) is 5.78. The molecule has 3 aromatic heterocycles. The molecule has 35 heavy (non-hydrogen) atoms. The lowest BCUT2D eigenvalue weighted by Crippen LogP contribution is -2.26. The number of aryl methyl sites for hydroxylation is 3. The third-order valence-corrected chi connectivity index (χ3v) is 5.91. The Bertz CT molecular complexity index is 1550. The highest BCUT2D eigenvalue weighted by molar-refractivity contribution is 5.62. The standard InChI is InChI=1S/C27H24N4O4/c1-16-14-17(2)31(15-22-18(3)34-25(28-22)20-10-12-21(33-4)13-11-20)27(32)23(16)26-29-24(30-35-26)19-8-6-5-7-9-19/h5-14H,15H2,1-4H3. The van der Waals surface area contributed by atoms with E-state index in [-0.39, 0.29) is 18.0 Å². The fraction of sp³-hybridized carbons (Fsp3) is 0.185. The fourth-order valence-corrected chi connectivity index (χ4v) is 3.99. The minimum absolute atomic E-state index is 0.191. The van der Waals surface area contributed by atoms with Gasteiger partial charge < -0.3 is 18.2 Å². The molecule has 2 aromatic carbocycles. The quantitative estimate of drug-likeness (QED) is 0.338. The summed E-state index contributed by atoms with van der Waals surface area (Å²) in [4.78, 5) is 22.7. The Hall–Kier alpha value is -4.46. The van der Waals surface area contributed by atoms with Gasteiger partial charge in [0.05, 0.1) is 13.7 Å². The highest BCUT2D eigenvalue weighted by Gasteiger charge is 2.21. The molecule has 0 unspecified atom stereocenters. The summed E-state index contributed by atoms with van der Waals surface area (Å²) in [6.45, 7) is 5.85. The van der Waals surface area contributed by atoms with E-state index in [9.17, 15) is 4.79 Å². The number of oxazole rings is 1. The van der Waals surface area contributed by atoms with Crippen LogP contribution in [0.4, 0.5) is 0 Å². The molecule has 0 spiro atoms. The molecule has 8 heteroatoms. The van der Waals surface area contributed by atoms with Gasteiger partial charge in [0.2, 0.25) is 11.7 Å². The van der Waals surface area contributed by atoms with E-state index in [2.05, 4.69) is 15.1 Å². The lowest BCUT2D eigenvalue weighted by Gasteiger charge is -2.12. The summed E-state index contributed by atoms with van der Waals surface area (Å²) in [5.74, 6) is 2.51. The Morgan fingerprint density at radius 2 is 1.66 bits per heavy atom. The van der Waals surface area contributed by atoms with Gasteiger partial charge in [-0.3, -0.25) is 4.79 Å². The van der Waals surface area contributed by atoms with E-state index >= 15 is 0 Å². The molecular formula is C27H24N4O4. The van der Waals surface area contributed by atoms with Crippen LogP contribution in [-0.4, -0.2) is 26.8 Å². The molecule has 8 nitrogen and oxygen atoms in total. The number of hydrogen-bond donors (Lipinski definition) is 0. The maximum atomic E-state index is 13.6. The van der Waals surface area contributed by atoms with Crippen molar-refractivity contribution < 1.29 is 13.7 Å². The Balaban J connectivity index is 1.50. The zero-order valence-corrected chi connectivity index (χ0v) is 19.9. The molecule has 0 aliphatic carbocycles. The zero-order valence-electron chi connectivity index (χ0n) is 19.9. The normalized spacial score (nSPS) is 11.1. The minimum atomic E-state index is -0.223. The molecule has 0 amide bonds. The van der Waals surface area contributed by atoms with Gasteiger partial charge in [-0.2, -0.15) is 4.98 Å². The van der Waals surface area contributed by atoms with Gasteiger partial charge >= 0.3 is 0 Å². The number of hydrogen-bond acceptors (Lipinski definition) is 7. The molecule has 0 saturated carbocycles. The van der Waals surface area contributed by atoms with Crippen molar-refractivity contribution in [3.8, 4) is 40.0 Å². The predicted octanol–water partition coefficient (Wildman–Crippen LogP) is 5.20. The van der Waals surface area contributed by atoms with Gasteiger partial charge in [0.15, 0.2) is 0 Å². The average Bonchev–Trinajstić information content (AvgIpc) is 3.49. The number of pyridine rings is 1. The molecule has 176 valence electrons. The smallest absolute Gasteiger partial charge is 0.264 e. The van der Waals surface area contributed by atoms with Crippen LogP contribution in [0.3, 0.4) is 0 Å². The Morgan fingerprint density at radius 3 is 2.37 bits per heavy atom. The first kappa shape index (κ1) is 22.3. The first-order valence-corrected chi connectivity index (χ1v) is 11.2. The predicted molar refractivity (Wildman–Crippen MR) is 131 cm³/mol. The third-order valence-electron chi connectivity index (χ3n) is 5.91. The SMILES string of the molecule is COc1ccc(-c2nc(Cn3c(C)cc(C)c(-c4nc(-c5ccccc5)no4)c3=O)c(C)o2)cc1. The van der Waals surface area contributed by atoms with Gasteiger partial charge in [-0.05, 0) is 56.7 Å². The molecule has 0 saturated heterocycles. The highest BCUT2D eigenvalue weighted by atomic mass is 16.5. The van der Waals surface area contributed by atoms with E-state index in [1.807, 2.05) is 81.4 Å². The van der Waals surface area contributed by atoms with Crippen molar-refractivity contribution in [1.82, 2.24) is 19.7 Å². The van der Waals surface area contributed by atoms with Gasteiger partial charge in [-0.15, -0.1) is 0 Å². The average molecular weight is 469 g/mol. The summed E-state index contributed by atoms with van der Waals surface area (Å²) in [6, 6.07) is 18.9. The van der Waals surface area contributed by atoms with Gasteiger partial charge in [-0.1, -0.05) is 35.5 Å². The summed E-state index contributed by atoms with van der Waals surface area (Å²) < 4.78 is 18.3. The topological polar surface area (TPSA) is 96.2 Å². The van der Waals surface area contributed by atoms with Crippen molar-refractivity contribution in [2.24, 2.45) is 0 Å². The number of benzene rings is 2. The van der Waals surface area contributed by atoms with Gasteiger partial charge in [0, 0.05) is 16.8 Å². The minimum Gasteiger partial charge on any atom is -0.497 e. The lowest BCUT2D eigenvalue weighted by atomic mass is 10.1. The molecule has 5 aromatic rings. The van der Waals surface area contributed by atoms with Crippen LogP contribution in [0.15, 0.2) is 74.4 Å². The fourth-order valence-electron chi connectivity index (χ4n) is 3.99. The molecule has 0 fully saturated rings. The van der Waals surface area contributed by atoms with E-state index < -0.39 is 0 Å². The Morgan fingerprint density at radius 1 is 0.914 bits per heavy atom. The Labute approximate surface area is 201 Å². The van der Waals surface area contributed by atoms with Crippen molar-refractivity contribution in [1.29, 1.82) is 0 Å². The molecule has 0 bridgehead atoms. The molecule has 0 N–H and O–H groups in total. The van der Waals surface area contributed by atoms with Crippen LogP contribution in [0.25, 0.3) is 34.3 Å². The summed E-state index contributed by atoms with van der Waals surface area (Å²) in [6.07, 6.45) is 0. The lowest BCUT2D eigenvalue weighted by molar-refractivity contribution is 0.415. The van der Waals surface area contributed by atoms with Crippen LogP contribution in [0.5, 0.6) is 5.75 Å². The maximum absolute atomic E-state index is 13.6. The molecule has 0 aliphatic heterocycles. The first-order valence-electron chi connectivity index (χ1n) is 11.2. The molecule has 0 aliphatic rings. The van der Waals surface area contributed by atoms with Gasteiger partial charge in [-0.25, -0.2) is 4.98 Å². The molecule has 5 rings (SSSR count). The van der Waals surface area contributed by atoms with Crippen LogP contribution < -0.4 is 10.3 Å². The first-order chi connectivity index (χ1) is 16.9.